The standard InChI is InChI=1S/C19H28N6/c1-15-7-10-24(13-18(15)25-11-9-21-14-25)19(20-3)22-8-6-17-5-4-16(2)23-12-17/h4-5,9,11-12,14-15,18H,6-8,10,13H2,1-3H3,(H,20,22). The third-order valence-electron chi connectivity index (χ3n) is 5.01. The quantitative estimate of drug-likeness (QED) is 0.685. The molecule has 25 heavy (non-hydrogen) atoms. The Bertz CT molecular complexity index is 676. The highest BCUT2D eigenvalue weighted by atomic mass is 15.3. The molecule has 134 valence electrons. The lowest BCUT2D eigenvalue weighted by molar-refractivity contribution is 0.189. The number of nitrogens with zero attached hydrogens (tertiary/aromatic N) is 5. The van der Waals surface area contributed by atoms with Crippen LogP contribution in [0.1, 0.15) is 30.6 Å². The van der Waals surface area contributed by atoms with Crippen molar-refractivity contribution in [1.82, 2.24) is 24.8 Å². The van der Waals surface area contributed by atoms with Crippen molar-refractivity contribution in [2.45, 2.75) is 32.7 Å². The third-order valence-corrected chi connectivity index (χ3v) is 5.01. The van der Waals surface area contributed by atoms with Crippen LogP contribution < -0.4 is 5.32 Å². The van der Waals surface area contributed by atoms with Crippen molar-refractivity contribution in [3.05, 3.63) is 48.3 Å². The fourth-order valence-corrected chi connectivity index (χ4v) is 3.39. The summed E-state index contributed by atoms with van der Waals surface area (Å²) in [6.07, 6.45) is 9.90. The summed E-state index contributed by atoms with van der Waals surface area (Å²) in [5.74, 6) is 1.62. The lowest BCUT2D eigenvalue weighted by atomic mass is 9.93. The summed E-state index contributed by atoms with van der Waals surface area (Å²) in [6, 6.07) is 4.65. The van der Waals surface area contributed by atoms with Crippen molar-refractivity contribution in [3.63, 3.8) is 0 Å². The minimum atomic E-state index is 0.441. The molecule has 2 unspecified atom stereocenters. The molecule has 2 atom stereocenters. The van der Waals surface area contributed by atoms with E-state index in [2.05, 4.69) is 55.0 Å². The van der Waals surface area contributed by atoms with Gasteiger partial charge in [0.2, 0.25) is 0 Å². The van der Waals surface area contributed by atoms with Crippen LogP contribution in [0.15, 0.2) is 42.0 Å². The topological polar surface area (TPSA) is 58.3 Å². The van der Waals surface area contributed by atoms with E-state index < -0.39 is 0 Å². The predicted molar refractivity (Wildman–Crippen MR) is 101 cm³/mol. The van der Waals surface area contributed by atoms with E-state index in [-0.39, 0.29) is 0 Å². The summed E-state index contributed by atoms with van der Waals surface area (Å²) in [7, 11) is 1.86. The number of guanidine groups is 1. The zero-order chi connectivity index (χ0) is 17.6. The first-order chi connectivity index (χ1) is 12.2. The molecule has 3 rings (SSSR count). The van der Waals surface area contributed by atoms with Gasteiger partial charge in [-0.1, -0.05) is 13.0 Å². The molecule has 1 N–H and O–H groups in total. The molecular weight excluding hydrogens is 312 g/mol. The van der Waals surface area contributed by atoms with E-state index in [0.29, 0.717) is 12.0 Å². The average Bonchev–Trinajstić information content (AvgIpc) is 3.15. The Balaban J connectivity index is 1.56. The molecule has 0 aliphatic carbocycles. The lowest BCUT2D eigenvalue weighted by Crippen LogP contribution is -2.49. The van der Waals surface area contributed by atoms with Crippen LogP contribution in [-0.2, 0) is 6.42 Å². The first-order valence-corrected chi connectivity index (χ1v) is 9.02. The van der Waals surface area contributed by atoms with Crippen molar-refractivity contribution in [3.8, 4) is 0 Å². The zero-order valence-corrected chi connectivity index (χ0v) is 15.4. The number of pyridine rings is 1. The average molecular weight is 340 g/mol. The van der Waals surface area contributed by atoms with Gasteiger partial charge in [0.25, 0.3) is 0 Å². The van der Waals surface area contributed by atoms with Crippen molar-refractivity contribution in [2.24, 2.45) is 10.9 Å². The highest BCUT2D eigenvalue weighted by molar-refractivity contribution is 5.80. The molecule has 2 aromatic heterocycles. The number of aryl methyl sites for hydroxylation is 1. The maximum Gasteiger partial charge on any atom is 0.193 e. The van der Waals surface area contributed by atoms with Gasteiger partial charge >= 0.3 is 0 Å². The van der Waals surface area contributed by atoms with Crippen molar-refractivity contribution >= 4 is 5.96 Å². The molecule has 0 amide bonds. The molecule has 3 heterocycles. The van der Waals surface area contributed by atoms with Gasteiger partial charge in [-0.05, 0) is 37.3 Å². The molecule has 0 aromatic carbocycles. The van der Waals surface area contributed by atoms with Gasteiger partial charge in [0.15, 0.2) is 5.96 Å². The van der Waals surface area contributed by atoms with E-state index in [1.807, 2.05) is 32.7 Å². The van der Waals surface area contributed by atoms with Crippen molar-refractivity contribution < 1.29 is 0 Å². The smallest absolute Gasteiger partial charge is 0.193 e. The van der Waals surface area contributed by atoms with Gasteiger partial charge in [-0.3, -0.25) is 9.98 Å². The van der Waals surface area contributed by atoms with Crippen LogP contribution in [0.5, 0.6) is 0 Å². The number of likely N-dealkylation sites (tertiary alicyclic amines) is 1. The highest BCUT2D eigenvalue weighted by Gasteiger charge is 2.28. The molecule has 6 nitrogen and oxygen atoms in total. The van der Waals surface area contributed by atoms with E-state index >= 15 is 0 Å². The summed E-state index contributed by atoms with van der Waals surface area (Å²) in [5.41, 5.74) is 2.30. The second kappa shape index (κ2) is 8.14. The maximum absolute atomic E-state index is 4.49. The molecule has 0 saturated carbocycles. The first kappa shape index (κ1) is 17.5. The second-order valence-corrected chi connectivity index (χ2v) is 6.82. The number of rotatable bonds is 4. The van der Waals surface area contributed by atoms with Crippen molar-refractivity contribution in [1.29, 1.82) is 0 Å². The van der Waals surface area contributed by atoms with Gasteiger partial charge < -0.3 is 14.8 Å². The van der Waals surface area contributed by atoms with Gasteiger partial charge in [-0.25, -0.2) is 4.98 Å². The first-order valence-electron chi connectivity index (χ1n) is 9.02. The summed E-state index contributed by atoms with van der Waals surface area (Å²) in [6.45, 7) is 7.20. The minimum absolute atomic E-state index is 0.441. The van der Waals surface area contributed by atoms with Crippen LogP contribution in [0.3, 0.4) is 0 Å². The van der Waals surface area contributed by atoms with Crippen LogP contribution in [0.2, 0.25) is 0 Å². The fraction of sp³-hybridized carbons (Fsp3) is 0.526. The lowest BCUT2D eigenvalue weighted by Gasteiger charge is -2.39. The Kier molecular flexibility index (Phi) is 5.68. The summed E-state index contributed by atoms with van der Waals surface area (Å²) >= 11 is 0. The van der Waals surface area contributed by atoms with E-state index in [1.54, 1.807) is 0 Å². The Hall–Kier alpha value is -2.37. The number of piperidine rings is 1. The fourth-order valence-electron chi connectivity index (χ4n) is 3.39. The molecule has 1 aliphatic rings. The summed E-state index contributed by atoms with van der Waals surface area (Å²) in [5, 5.41) is 3.51. The SMILES string of the molecule is CN=C(NCCc1ccc(C)nc1)N1CCC(C)C(n2ccnc2)C1. The molecule has 0 bridgehead atoms. The van der Waals surface area contributed by atoms with Crippen LogP contribution in [0.4, 0.5) is 0 Å². The molecule has 1 fully saturated rings. The van der Waals surface area contributed by atoms with Crippen LogP contribution >= 0.6 is 0 Å². The number of imidazole rings is 1. The van der Waals surface area contributed by atoms with Crippen LogP contribution in [0.25, 0.3) is 0 Å². The zero-order valence-electron chi connectivity index (χ0n) is 15.4. The predicted octanol–water partition coefficient (Wildman–Crippen LogP) is 2.29. The van der Waals surface area contributed by atoms with Gasteiger partial charge in [0.05, 0.1) is 12.4 Å². The molecule has 6 heteroatoms. The normalized spacial score (nSPS) is 21.4. The van der Waals surface area contributed by atoms with Crippen molar-refractivity contribution in [2.75, 3.05) is 26.7 Å². The second-order valence-electron chi connectivity index (χ2n) is 6.82. The van der Waals surface area contributed by atoms with Gasteiger partial charge in [0, 0.05) is 51.0 Å². The number of hydrogen-bond donors (Lipinski definition) is 1. The highest BCUT2D eigenvalue weighted by Crippen LogP contribution is 2.27. The molecule has 1 saturated heterocycles. The van der Waals surface area contributed by atoms with Crippen LogP contribution in [-0.4, -0.2) is 52.1 Å². The largest absolute Gasteiger partial charge is 0.356 e. The summed E-state index contributed by atoms with van der Waals surface area (Å²) < 4.78 is 2.22. The molecule has 2 aromatic rings. The van der Waals surface area contributed by atoms with Gasteiger partial charge in [0.1, 0.15) is 0 Å². The Morgan fingerprint density at radius 3 is 2.96 bits per heavy atom. The van der Waals surface area contributed by atoms with Gasteiger partial charge in [-0.2, -0.15) is 0 Å². The van der Waals surface area contributed by atoms with E-state index in [0.717, 1.165) is 44.1 Å². The monoisotopic (exact) mass is 340 g/mol. The molecular formula is C19H28N6. The number of nitrogens with one attached hydrogen (secondary N) is 1. The number of aromatic nitrogens is 3. The molecule has 0 radical (unpaired) electrons. The maximum atomic E-state index is 4.49. The van der Waals surface area contributed by atoms with Crippen LogP contribution in [0, 0.1) is 12.8 Å². The van der Waals surface area contributed by atoms with Gasteiger partial charge in [-0.15, -0.1) is 0 Å². The molecule has 0 spiro atoms. The Labute approximate surface area is 150 Å². The Morgan fingerprint density at radius 2 is 2.28 bits per heavy atom. The molecule has 1 aliphatic heterocycles. The summed E-state index contributed by atoms with van der Waals surface area (Å²) in [4.78, 5) is 15.4. The van der Waals surface area contributed by atoms with E-state index in [1.165, 1.54) is 5.56 Å². The van der Waals surface area contributed by atoms with E-state index in [9.17, 15) is 0 Å². The third kappa shape index (κ3) is 4.38. The number of aliphatic imine (C=N–C) groups is 1. The van der Waals surface area contributed by atoms with E-state index in [4.69, 9.17) is 0 Å². The Morgan fingerprint density at radius 1 is 1.40 bits per heavy atom. The number of hydrogen-bond acceptors (Lipinski definition) is 3. The minimum Gasteiger partial charge on any atom is -0.356 e.